The maximum absolute atomic E-state index is 11.0. The molecule has 0 aromatic heterocycles. The molecule has 1 heterocycles. The molecule has 3 N–H and O–H groups in total. The van der Waals surface area contributed by atoms with Crippen molar-refractivity contribution in [2.75, 3.05) is 5.75 Å². The predicted molar refractivity (Wildman–Crippen MR) is 54.5 cm³/mol. The minimum Gasteiger partial charge on any atom is -0.327 e. The summed E-state index contributed by atoms with van der Waals surface area (Å²) >= 11 is 1.54. The van der Waals surface area contributed by atoms with E-state index in [0.29, 0.717) is 6.42 Å². The van der Waals surface area contributed by atoms with Crippen LogP contribution >= 0.6 is 11.8 Å². The van der Waals surface area contributed by atoms with Crippen molar-refractivity contribution < 1.29 is 13.0 Å². The van der Waals surface area contributed by atoms with E-state index >= 15 is 0 Å². The molecule has 3 atom stereocenters. The van der Waals surface area contributed by atoms with Gasteiger partial charge in [-0.15, -0.1) is 0 Å². The lowest BCUT2D eigenvalue weighted by Crippen LogP contribution is -2.43. The van der Waals surface area contributed by atoms with E-state index in [9.17, 15) is 8.42 Å². The maximum Gasteiger partial charge on any atom is 0.268 e. The van der Waals surface area contributed by atoms with Crippen LogP contribution in [0.5, 0.6) is 0 Å². The van der Waals surface area contributed by atoms with Gasteiger partial charge < -0.3 is 5.73 Å². The summed E-state index contributed by atoms with van der Waals surface area (Å²) in [6.07, 6.45) is 1.13. The molecule has 1 aliphatic heterocycles. The molecule has 0 bridgehead atoms. The van der Waals surface area contributed by atoms with Crippen LogP contribution in [0.1, 0.15) is 19.8 Å². The highest BCUT2D eigenvalue weighted by Gasteiger charge is 2.36. The van der Waals surface area contributed by atoms with E-state index in [1.54, 1.807) is 11.8 Å². The molecule has 4 nitrogen and oxygen atoms in total. The second kappa shape index (κ2) is 4.16. The fourth-order valence-electron chi connectivity index (χ4n) is 1.57. The number of nitrogens with two attached hydrogens (primary N) is 1. The van der Waals surface area contributed by atoms with Crippen LogP contribution in [0.25, 0.3) is 0 Å². The van der Waals surface area contributed by atoms with Crippen LogP contribution < -0.4 is 5.73 Å². The van der Waals surface area contributed by atoms with Gasteiger partial charge in [0.25, 0.3) is 10.1 Å². The highest BCUT2D eigenvalue weighted by Crippen LogP contribution is 2.31. The highest BCUT2D eigenvalue weighted by molar-refractivity contribution is 8.01. The zero-order chi connectivity index (χ0) is 10.1. The number of rotatable bonds is 2. The van der Waals surface area contributed by atoms with Gasteiger partial charge in [-0.2, -0.15) is 20.2 Å². The van der Waals surface area contributed by atoms with Crippen LogP contribution in [0.2, 0.25) is 0 Å². The summed E-state index contributed by atoms with van der Waals surface area (Å²) in [6.45, 7) is 1.92. The lowest BCUT2D eigenvalue weighted by Gasteiger charge is -2.31. The molecule has 0 aromatic carbocycles. The van der Waals surface area contributed by atoms with Gasteiger partial charge in [0.1, 0.15) is 0 Å². The third-order valence-electron chi connectivity index (χ3n) is 2.26. The Morgan fingerprint density at radius 1 is 1.62 bits per heavy atom. The van der Waals surface area contributed by atoms with E-state index in [4.69, 9.17) is 10.3 Å². The van der Waals surface area contributed by atoms with Crippen LogP contribution in [-0.4, -0.2) is 35.3 Å². The van der Waals surface area contributed by atoms with Gasteiger partial charge in [-0.3, -0.25) is 4.55 Å². The summed E-state index contributed by atoms with van der Waals surface area (Å²) in [5.74, 6) is 0.782. The zero-order valence-corrected chi connectivity index (χ0v) is 9.14. The van der Waals surface area contributed by atoms with E-state index in [1.807, 2.05) is 6.92 Å². The molecule has 3 unspecified atom stereocenters. The monoisotopic (exact) mass is 225 g/mol. The SMILES string of the molecule is CCC1SCC(N)CC1S(=O)(=O)O. The average Bonchev–Trinajstić information content (AvgIpc) is 2.03. The lowest BCUT2D eigenvalue weighted by molar-refractivity contribution is 0.446. The first-order chi connectivity index (χ1) is 5.95. The molecule has 0 amide bonds. The van der Waals surface area contributed by atoms with Crippen molar-refractivity contribution in [2.45, 2.75) is 36.3 Å². The maximum atomic E-state index is 11.0. The van der Waals surface area contributed by atoms with Gasteiger partial charge >= 0.3 is 0 Å². The van der Waals surface area contributed by atoms with E-state index in [2.05, 4.69) is 0 Å². The molecule has 78 valence electrons. The summed E-state index contributed by atoms with van der Waals surface area (Å²) < 4.78 is 30.9. The molecular weight excluding hydrogens is 210 g/mol. The summed E-state index contributed by atoms with van der Waals surface area (Å²) in [5, 5.41) is -0.680. The van der Waals surface area contributed by atoms with Crippen LogP contribution in [0, 0.1) is 0 Å². The molecular formula is C7H15NO3S2. The fraction of sp³-hybridized carbons (Fsp3) is 1.00. The van der Waals surface area contributed by atoms with Crippen molar-refractivity contribution in [3.05, 3.63) is 0 Å². The number of thioether (sulfide) groups is 1. The van der Waals surface area contributed by atoms with Crippen LogP contribution in [-0.2, 0) is 10.1 Å². The molecule has 1 saturated heterocycles. The van der Waals surface area contributed by atoms with Gasteiger partial charge in [-0.05, 0) is 12.8 Å². The third kappa shape index (κ3) is 2.83. The largest absolute Gasteiger partial charge is 0.327 e. The highest BCUT2D eigenvalue weighted by atomic mass is 32.2. The van der Waals surface area contributed by atoms with Crippen molar-refractivity contribution in [3.63, 3.8) is 0 Å². The summed E-state index contributed by atoms with van der Waals surface area (Å²) in [6, 6.07) is -0.111. The Labute approximate surface area is 83.0 Å². The Bertz CT molecular complexity index is 265. The molecule has 0 saturated carbocycles. The summed E-state index contributed by atoms with van der Waals surface area (Å²) in [4.78, 5) is 0. The smallest absolute Gasteiger partial charge is 0.268 e. The first kappa shape index (κ1) is 11.3. The Balaban J connectivity index is 2.77. The fourth-order valence-corrected chi connectivity index (χ4v) is 4.48. The van der Waals surface area contributed by atoms with Gasteiger partial charge in [0.15, 0.2) is 0 Å². The van der Waals surface area contributed by atoms with Crippen molar-refractivity contribution in [1.29, 1.82) is 0 Å². The van der Waals surface area contributed by atoms with Crippen molar-refractivity contribution >= 4 is 21.9 Å². The van der Waals surface area contributed by atoms with Crippen LogP contribution in [0.4, 0.5) is 0 Å². The predicted octanol–water partition coefficient (Wildman–Crippen LogP) is 0.486. The van der Waals surface area contributed by atoms with E-state index < -0.39 is 15.4 Å². The topological polar surface area (TPSA) is 80.4 Å². The van der Waals surface area contributed by atoms with Gasteiger partial charge in [-0.25, -0.2) is 0 Å². The Kier molecular flexibility index (Phi) is 3.62. The van der Waals surface area contributed by atoms with Gasteiger partial charge in [-0.1, -0.05) is 6.92 Å². The Morgan fingerprint density at radius 2 is 2.23 bits per heavy atom. The minimum atomic E-state index is -3.92. The average molecular weight is 225 g/mol. The second-order valence-corrected chi connectivity index (χ2v) is 6.24. The van der Waals surface area contributed by atoms with Crippen molar-refractivity contribution in [2.24, 2.45) is 5.73 Å². The molecule has 0 aromatic rings. The first-order valence-corrected chi connectivity index (χ1v) is 6.83. The quantitative estimate of drug-likeness (QED) is 0.668. The zero-order valence-electron chi connectivity index (χ0n) is 7.51. The molecule has 0 spiro atoms. The Hall–Kier alpha value is 0.220. The molecule has 0 radical (unpaired) electrons. The van der Waals surface area contributed by atoms with Crippen molar-refractivity contribution in [1.82, 2.24) is 0 Å². The van der Waals surface area contributed by atoms with Gasteiger partial charge in [0.05, 0.1) is 5.25 Å². The molecule has 6 heteroatoms. The van der Waals surface area contributed by atoms with Gasteiger partial charge in [0, 0.05) is 17.0 Å². The van der Waals surface area contributed by atoms with Crippen molar-refractivity contribution in [3.8, 4) is 0 Å². The molecule has 1 rings (SSSR count). The van der Waals surface area contributed by atoms with Gasteiger partial charge in [0.2, 0.25) is 0 Å². The lowest BCUT2D eigenvalue weighted by atomic mass is 10.1. The first-order valence-electron chi connectivity index (χ1n) is 4.28. The van der Waals surface area contributed by atoms with E-state index in [1.165, 1.54) is 0 Å². The Morgan fingerprint density at radius 3 is 2.69 bits per heavy atom. The summed E-state index contributed by atoms with van der Waals surface area (Å²) in [7, 11) is -3.92. The standard InChI is InChI=1S/C7H15NO3S2/c1-2-6-7(13(9,10)11)3-5(8)4-12-6/h5-7H,2-4,8H2,1H3,(H,9,10,11). The van der Waals surface area contributed by atoms with E-state index in [-0.39, 0.29) is 11.3 Å². The molecule has 1 aliphatic rings. The summed E-state index contributed by atoms with van der Waals surface area (Å²) in [5.41, 5.74) is 5.64. The molecule has 1 fully saturated rings. The molecule has 0 aliphatic carbocycles. The van der Waals surface area contributed by atoms with Crippen LogP contribution in [0.15, 0.2) is 0 Å². The number of hydrogen-bond acceptors (Lipinski definition) is 4. The van der Waals surface area contributed by atoms with E-state index in [0.717, 1.165) is 12.2 Å². The normalized spacial score (nSPS) is 36.1. The third-order valence-corrected chi connectivity index (χ3v) is 5.43. The second-order valence-electron chi connectivity index (χ2n) is 3.33. The number of hydrogen-bond donors (Lipinski definition) is 2. The van der Waals surface area contributed by atoms with Crippen LogP contribution in [0.3, 0.4) is 0 Å². The molecule has 13 heavy (non-hydrogen) atoms. The minimum absolute atomic E-state index is 0.00481.